The number of ether oxygens (including phenoxy) is 9. The summed E-state index contributed by atoms with van der Waals surface area (Å²) in [5.41, 5.74) is 6.15. The maximum atomic E-state index is 12.8. The molecule has 0 saturated carbocycles. The number of aliphatic hydroxyl groups is 8. The van der Waals surface area contributed by atoms with Crippen LogP contribution in [0.5, 0.6) is 0 Å². The van der Waals surface area contributed by atoms with E-state index in [1.165, 1.54) is 9.44 Å². The van der Waals surface area contributed by atoms with Gasteiger partial charge in [0.2, 0.25) is 0 Å². The molecule has 0 aromatic carbocycles. The predicted octanol–water partition coefficient (Wildman–Crippen LogP) is -13.7. The van der Waals surface area contributed by atoms with Gasteiger partial charge in [0, 0.05) is 0 Å². The third-order valence-electron chi connectivity index (χ3n) is 11.8. The highest BCUT2D eigenvalue weighted by Crippen LogP contribution is 2.37. The highest BCUT2D eigenvalue weighted by Gasteiger charge is 2.60. The Morgan fingerprint density at radius 3 is 1.35 bits per heavy atom. The van der Waals surface area contributed by atoms with Gasteiger partial charge < -0.3 is 99.4 Å². The topological polar surface area (TPSA) is 733 Å². The molecule has 5 rings (SSSR count). The van der Waals surface area contributed by atoms with Crippen LogP contribution in [0.1, 0.15) is 0 Å². The van der Waals surface area contributed by atoms with E-state index >= 15 is 0 Å². The summed E-state index contributed by atoms with van der Waals surface area (Å²) in [4.78, 5) is 25.4. The number of aliphatic hydroxyl groups excluding tert-OH is 8. The van der Waals surface area contributed by atoms with Crippen molar-refractivity contribution in [3.8, 4) is 0 Å². The van der Waals surface area contributed by atoms with Crippen molar-refractivity contribution in [3.05, 3.63) is 0 Å². The number of rotatable bonds is 25. The van der Waals surface area contributed by atoms with E-state index < -0.39 is 247 Å². The number of nitrogens with two attached hydrogens (primary N) is 1. The van der Waals surface area contributed by atoms with Crippen molar-refractivity contribution in [2.45, 2.75) is 153 Å². The smallest absolute Gasteiger partial charge is 0.397 e. The molecule has 20 N–H and O–H groups in total. The largest absolute Gasteiger partial charge is 0.479 e. The van der Waals surface area contributed by atoms with Crippen LogP contribution in [0.2, 0.25) is 0 Å². The van der Waals surface area contributed by atoms with E-state index in [-0.39, 0.29) is 0 Å². The first-order chi connectivity index (χ1) is 37.3. The maximum absolute atomic E-state index is 12.8. The SMILES string of the molecule is N[C@H]1[C@@H](O[C@@H]2[C@@H](O)[C@H](OS(=O)(=O)O)[C@H](O[C@H]3[C@H](O)[C@@H](NS(=O)(=O)O)[C@@H](O)O[C@@H]3COS(=O)(=O)O)O[C@@H]2C(=O)O)O[C@H](CO)[C@@H](O[C@@H]2O[C@H](C(=O)O)[C@@H](O[C@H]3O[C@H](COS(=O)(=O)O)[C@@H](O)[C@H](O)[C@H]3NS(=O)(=O)O)[C@H](O)[C@H]2O)[C@@H]1OS(=O)(=O)O. The lowest BCUT2D eigenvalue weighted by atomic mass is 9.94. The first kappa shape index (κ1) is 70.2. The van der Waals surface area contributed by atoms with E-state index in [4.69, 9.17) is 57.5 Å². The van der Waals surface area contributed by atoms with Crippen molar-refractivity contribution < 1.29 is 198 Å². The van der Waals surface area contributed by atoms with Gasteiger partial charge in [0.25, 0.3) is 0 Å². The van der Waals surface area contributed by atoms with Crippen LogP contribution in [-0.4, -0.2) is 314 Å². The van der Waals surface area contributed by atoms with Crippen LogP contribution >= 0.6 is 0 Å². The number of aliphatic carboxylic acids is 2. The second kappa shape index (κ2) is 26.8. The summed E-state index contributed by atoms with van der Waals surface area (Å²) in [5, 5.41) is 107. The highest BCUT2D eigenvalue weighted by atomic mass is 32.3. The van der Waals surface area contributed by atoms with Gasteiger partial charge in [-0.3, -0.25) is 27.3 Å². The number of hydrogen-bond donors (Lipinski definition) is 19. The Kier molecular flexibility index (Phi) is 23.0. The van der Waals surface area contributed by atoms with Crippen LogP contribution in [0, 0.1) is 0 Å². The Morgan fingerprint density at radius 2 is 0.866 bits per heavy atom. The molecule has 5 saturated heterocycles. The van der Waals surface area contributed by atoms with Gasteiger partial charge in [-0.1, -0.05) is 0 Å². The van der Waals surface area contributed by atoms with Crippen LogP contribution in [0.4, 0.5) is 0 Å². The molecule has 46 nitrogen and oxygen atoms in total. The molecule has 0 bridgehead atoms. The van der Waals surface area contributed by atoms with Gasteiger partial charge in [-0.05, 0) is 0 Å². The Morgan fingerprint density at radius 1 is 0.427 bits per heavy atom. The van der Waals surface area contributed by atoms with Gasteiger partial charge in [0.1, 0.15) is 97.5 Å². The molecule has 0 aliphatic carbocycles. The zero-order chi connectivity index (χ0) is 62.3. The molecule has 5 fully saturated rings. The second-order valence-electron chi connectivity index (χ2n) is 17.4. The highest BCUT2D eigenvalue weighted by molar-refractivity contribution is 7.84. The summed E-state index contributed by atoms with van der Waals surface area (Å²) in [7, 11) is -33.6. The molecule has 5 aliphatic heterocycles. The average Bonchev–Trinajstić information content (AvgIpc) is 3.27. The van der Waals surface area contributed by atoms with Gasteiger partial charge in [0.05, 0.1) is 25.9 Å². The first-order valence-corrected chi connectivity index (χ1v) is 30.2. The Bertz CT molecular complexity index is 2920. The Balaban J connectivity index is 1.45. The zero-order valence-electron chi connectivity index (χ0n) is 39.8. The predicted molar refractivity (Wildman–Crippen MR) is 236 cm³/mol. The second-order valence-corrected chi connectivity index (χ2v) is 24.1. The normalized spacial score (nSPS) is 41.2. The average molecular weight is 1330 g/mol. The molecule has 5 aliphatic rings. The molecule has 0 spiro atoms. The fourth-order valence-electron chi connectivity index (χ4n) is 8.39. The first-order valence-electron chi connectivity index (χ1n) is 21.8. The van der Waals surface area contributed by atoms with E-state index in [0.29, 0.717) is 0 Å². The van der Waals surface area contributed by atoms with Crippen LogP contribution in [0.25, 0.3) is 0 Å². The summed E-state index contributed by atoms with van der Waals surface area (Å²) in [5.74, 6) is -4.53. The lowest BCUT2D eigenvalue weighted by Crippen LogP contribution is -2.70. The van der Waals surface area contributed by atoms with E-state index in [1.54, 1.807) is 0 Å². The third kappa shape index (κ3) is 18.7. The minimum Gasteiger partial charge on any atom is -0.479 e. The molecular formula is C30H51N3O43S6. The minimum atomic E-state index is -5.97. The van der Waals surface area contributed by atoms with Gasteiger partial charge in [-0.15, -0.1) is 0 Å². The van der Waals surface area contributed by atoms with Gasteiger partial charge >= 0.3 is 74.1 Å². The summed E-state index contributed by atoms with van der Waals surface area (Å²) < 4.78 is 265. The van der Waals surface area contributed by atoms with Crippen molar-refractivity contribution in [2.24, 2.45) is 5.73 Å². The van der Waals surface area contributed by atoms with Crippen LogP contribution in [-0.2, 0) is 131 Å². The van der Waals surface area contributed by atoms with Crippen LogP contribution in [0.15, 0.2) is 0 Å². The summed E-state index contributed by atoms with van der Waals surface area (Å²) in [6.07, 6.45) is -58.3. The van der Waals surface area contributed by atoms with E-state index in [9.17, 15) is 129 Å². The van der Waals surface area contributed by atoms with Crippen molar-refractivity contribution in [1.29, 1.82) is 0 Å². The molecule has 5 heterocycles. The quantitative estimate of drug-likeness (QED) is 0.0377. The van der Waals surface area contributed by atoms with Crippen LogP contribution < -0.4 is 15.2 Å². The van der Waals surface area contributed by atoms with E-state index in [2.05, 4.69) is 16.7 Å². The fraction of sp³-hybridized carbons (Fsp3) is 0.933. The van der Waals surface area contributed by atoms with Crippen molar-refractivity contribution in [2.75, 3.05) is 19.8 Å². The van der Waals surface area contributed by atoms with Gasteiger partial charge in [0.15, 0.2) is 49.8 Å². The zero-order valence-corrected chi connectivity index (χ0v) is 44.7. The minimum absolute atomic E-state index is 1.26. The lowest BCUT2D eigenvalue weighted by Gasteiger charge is -2.50. The van der Waals surface area contributed by atoms with Crippen LogP contribution in [0.3, 0.4) is 0 Å². The number of hydrogen-bond acceptors (Lipinski definition) is 36. The summed E-state index contributed by atoms with van der Waals surface area (Å²) in [6.45, 7) is -4.48. The molecule has 25 atom stereocenters. The monoisotopic (exact) mass is 1330 g/mol. The fourth-order valence-corrected chi connectivity index (χ4v) is 11.2. The van der Waals surface area contributed by atoms with Crippen molar-refractivity contribution >= 4 is 74.1 Å². The molecule has 0 amide bonds. The van der Waals surface area contributed by atoms with E-state index in [0.717, 1.165) is 0 Å². The summed E-state index contributed by atoms with van der Waals surface area (Å²) in [6, 6.07) is -7.42. The molecule has 0 aromatic rings. The van der Waals surface area contributed by atoms with Gasteiger partial charge in [-0.25, -0.2) is 26.3 Å². The van der Waals surface area contributed by atoms with E-state index in [1.807, 2.05) is 0 Å². The number of carbonyl (C=O) groups is 2. The molecule has 82 heavy (non-hydrogen) atoms. The Hall–Kier alpha value is -2.56. The summed E-state index contributed by atoms with van der Waals surface area (Å²) >= 11 is 0. The molecule has 0 radical (unpaired) electrons. The number of nitrogens with one attached hydrogen (secondary N) is 2. The number of carboxylic acids is 2. The number of carboxylic acid groups (broad SMARTS) is 2. The molecular weight excluding hydrogens is 1280 g/mol. The molecule has 52 heteroatoms. The standard InChI is InChI=1S/C30H51N3O43S6/c31-7-18(75-81(58,59)60)17(70-29-14(39)13(38)19(22(73-29)24(41)42)72-28-9(33-78(49,50)51)11(36)10(35)5(68-28)2-64-79(52,53)54)4(1-34)67-27(7)71-20-15(40)21(76-82(61,62)63)30(74-23(20)25(43)44)69-16-6(3-65-80(55,56)57)66-26(45)8(12(16)37)32-77(46,47)48/h4-23,26-30,32-40,45H,1-3,31H2,(H,41,42)(H,43,44)(H,46,47,48)(H,49,50,51)(H,52,53,54)(H,55,56,57)(H,58,59,60)(H,61,62,63)/t4-,5-,6-,7-,8-,9-,10-,11-,12-,13-,14-,15-,16-,17-,18-,19+,20-,21+,22+,23+,26+,27-,28-,29-,30-/m1/s1. The Labute approximate surface area is 458 Å². The molecule has 0 aromatic heterocycles. The molecule has 480 valence electrons. The molecule has 0 unspecified atom stereocenters. The van der Waals surface area contributed by atoms with Gasteiger partial charge in [-0.2, -0.15) is 60.0 Å². The van der Waals surface area contributed by atoms with Crippen molar-refractivity contribution in [3.63, 3.8) is 0 Å². The lowest BCUT2D eigenvalue weighted by molar-refractivity contribution is -0.372. The van der Waals surface area contributed by atoms with Crippen molar-refractivity contribution in [1.82, 2.24) is 9.44 Å². The third-order valence-corrected chi connectivity index (χ3v) is 14.7. The maximum Gasteiger partial charge on any atom is 0.397 e.